The highest BCUT2D eigenvalue weighted by atomic mass is 16.5. The van der Waals surface area contributed by atoms with Crippen molar-refractivity contribution in [3.05, 3.63) is 23.7 Å². The molecule has 4 nitrogen and oxygen atoms in total. The minimum atomic E-state index is 0.0422. The maximum Gasteiger partial charge on any atom is 0.118 e. The Balaban J connectivity index is 1.53. The van der Waals surface area contributed by atoms with Gasteiger partial charge >= 0.3 is 0 Å². The van der Waals surface area contributed by atoms with E-state index >= 15 is 0 Å². The first-order chi connectivity index (χ1) is 8.69. The van der Waals surface area contributed by atoms with Crippen LogP contribution in [0.3, 0.4) is 0 Å². The van der Waals surface area contributed by atoms with Crippen molar-refractivity contribution < 1.29 is 13.9 Å². The van der Waals surface area contributed by atoms with Crippen molar-refractivity contribution in [3.63, 3.8) is 0 Å². The van der Waals surface area contributed by atoms with Gasteiger partial charge in [0.15, 0.2) is 0 Å². The average molecular weight is 251 g/mol. The summed E-state index contributed by atoms with van der Waals surface area (Å²) in [6.45, 7) is 5.68. The molecule has 0 unspecified atom stereocenters. The first-order valence-corrected chi connectivity index (χ1v) is 6.64. The van der Waals surface area contributed by atoms with Crippen LogP contribution in [-0.4, -0.2) is 43.4 Å². The van der Waals surface area contributed by atoms with E-state index in [4.69, 9.17) is 13.9 Å². The summed E-state index contributed by atoms with van der Waals surface area (Å²) in [6.07, 6.45) is 2.42. The lowest BCUT2D eigenvalue weighted by molar-refractivity contribution is -0.196. The number of rotatable bonds is 3. The van der Waals surface area contributed by atoms with Gasteiger partial charge in [-0.15, -0.1) is 0 Å². The van der Waals surface area contributed by atoms with Gasteiger partial charge in [-0.3, -0.25) is 4.90 Å². The fourth-order valence-corrected chi connectivity index (χ4v) is 3.08. The van der Waals surface area contributed by atoms with E-state index in [1.54, 1.807) is 7.11 Å². The first kappa shape index (κ1) is 12.2. The molecule has 0 aromatic carbocycles. The SMILES string of the molecule is CO[C@@H]1CCOC2(C1)CN(Cc1ccc(C)o1)C2. The van der Waals surface area contributed by atoms with Crippen molar-refractivity contribution in [3.8, 4) is 0 Å². The van der Waals surface area contributed by atoms with Crippen LogP contribution in [0.4, 0.5) is 0 Å². The van der Waals surface area contributed by atoms with E-state index in [1.165, 1.54) is 0 Å². The number of furan rings is 1. The Morgan fingerprint density at radius 1 is 1.44 bits per heavy atom. The molecule has 0 saturated carbocycles. The van der Waals surface area contributed by atoms with E-state index in [0.29, 0.717) is 6.10 Å². The lowest BCUT2D eigenvalue weighted by atomic mass is 9.84. The minimum absolute atomic E-state index is 0.0422. The fourth-order valence-electron chi connectivity index (χ4n) is 3.08. The summed E-state index contributed by atoms with van der Waals surface area (Å²) in [5.74, 6) is 2.02. The average Bonchev–Trinajstić information content (AvgIpc) is 2.73. The highest BCUT2D eigenvalue weighted by Crippen LogP contribution is 2.35. The number of likely N-dealkylation sites (tertiary alicyclic amines) is 1. The molecule has 3 rings (SSSR count). The maximum absolute atomic E-state index is 5.95. The van der Waals surface area contributed by atoms with Crippen LogP contribution in [0.1, 0.15) is 24.4 Å². The van der Waals surface area contributed by atoms with E-state index in [2.05, 4.69) is 11.0 Å². The Labute approximate surface area is 108 Å². The van der Waals surface area contributed by atoms with Crippen molar-refractivity contribution in [2.45, 2.75) is 38.0 Å². The van der Waals surface area contributed by atoms with Crippen LogP contribution >= 0.6 is 0 Å². The summed E-state index contributed by atoms with van der Waals surface area (Å²) >= 11 is 0. The molecule has 3 heterocycles. The van der Waals surface area contributed by atoms with Gasteiger partial charge in [-0.2, -0.15) is 0 Å². The molecule has 2 fully saturated rings. The Hall–Kier alpha value is -0.840. The molecule has 2 aliphatic heterocycles. The normalized spacial score (nSPS) is 27.3. The third-order valence-electron chi connectivity index (χ3n) is 3.98. The molecule has 2 saturated heterocycles. The number of hydrogen-bond acceptors (Lipinski definition) is 4. The summed E-state index contributed by atoms with van der Waals surface area (Å²) < 4.78 is 17.0. The molecule has 0 bridgehead atoms. The number of ether oxygens (including phenoxy) is 2. The van der Waals surface area contributed by atoms with Crippen molar-refractivity contribution >= 4 is 0 Å². The molecule has 0 amide bonds. The van der Waals surface area contributed by atoms with Crippen molar-refractivity contribution in [1.82, 2.24) is 4.90 Å². The monoisotopic (exact) mass is 251 g/mol. The van der Waals surface area contributed by atoms with Gasteiger partial charge in [-0.25, -0.2) is 0 Å². The molecule has 18 heavy (non-hydrogen) atoms. The number of methoxy groups -OCH3 is 1. The quantitative estimate of drug-likeness (QED) is 0.822. The molecule has 1 atom stereocenters. The lowest BCUT2D eigenvalue weighted by Crippen LogP contribution is -2.65. The standard InChI is InChI=1S/C14H21NO3/c1-11-3-4-13(18-11)8-15-9-14(10-15)7-12(16-2)5-6-17-14/h3-4,12H,5-10H2,1-2H3/t12-/m1/s1. The highest BCUT2D eigenvalue weighted by Gasteiger charge is 2.47. The van der Waals surface area contributed by atoms with Crippen molar-refractivity contribution in [2.24, 2.45) is 0 Å². The maximum atomic E-state index is 5.95. The zero-order chi connectivity index (χ0) is 12.6. The van der Waals surface area contributed by atoms with Crippen LogP contribution < -0.4 is 0 Å². The molecule has 100 valence electrons. The molecule has 0 aliphatic carbocycles. The molecule has 1 spiro atoms. The van der Waals surface area contributed by atoms with E-state index in [1.807, 2.05) is 13.0 Å². The summed E-state index contributed by atoms with van der Waals surface area (Å²) in [5, 5.41) is 0. The van der Waals surface area contributed by atoms with E-state index in [9.17, 15) is 0 Å². The first-order valence-electron chi connectivity index (χ1n) is 6.64. The van der Waals surface area contributed by atoms with Gasteiger partial charge in [0.1, 0.15) is 11.5 Å². The van der Waals surface area contributed by atoms with Crippen LogP contribution in [-0.2, 0) is 16.0 Å². The topological polar surface area (TPSA) is 34.8 Å². The smallest absolute Gasteiger partial charge is 0.118 e. The van der Waals surface area contributed by atoms with Crippen molar-refractivity contribution in [1.29, 1.82) is 0 Å². The van der Waals surface area contributed by atoms with Crippen LogP contribution in [0.15, 0.2) is 16.5 Å². The number of nitrogens with zero attached hydrogens (tertiary/aromatic N) is 1. The van der Waals surface area contributed by atoms with Gasteiger partial charge in [0, 0.05) is 33.2 Å². The third kappa shape index (κ3) is 2.32. The summed E-state index contributed by atoms with van der Waals surface area (Å²) in [5.41, 5.74) is 0.0422. The molecule has 0 radical (unpaired) electrons. The Kier molecular flexibility index (Phi) is 3.18. The van der Waals surface area contributed by atoms with Gasteiger partial charge < -0.3 is 13.9 Å². The van der Waals surface area contributed by atoms with Gasteiger partial charge in [0.05, 0.1) is 18.2 Å². The minimum Gasteiger partial charge on any atom is -0.465 e. The molecule has 2 aliphatic rings. The lowest BCUT2D eigenvalue weighted by Gasteiger charge is -2.52. The zero-order valence-corrected chi connectivity index (χ0v) is 11.1. The molecule has 4 heteroatoms. The Bertz CT molecular complexity index is 409. The van der Waals surface area contributed by atoms with Crippen LogP contribution in [0, 0.1) is 6.92 Å². The molecule has 0 N–H and O–H groups in total. The van der Waals surface area contributed by atoms with E-state index in [0.717, 1.165) is 50.6 Å². The molecule has 1 aromatic rings. The van der Waals surface area contributed by atoms with Gasteiger partial charge in [-0.05, 0) is 25.5 Å². The zero-order valence-electron chi connectivity index (χ0n) is 11.1. The summed E-state index contributed by atoms with van der Waals surface area (Å²) in [7, 11) is 1.80. The largest absolute Gasteiger partial charge is 0.465 e. The Morgan fingerprint density at radius 2 is 2.28 bits per heavy atom. The van der Waals surface area contributed by atoms with Crippen molar-refractivity contribution in [2.75, 3.05) is 26.8 Å². The number of hydrogen-bond donors (Lipinski definition) is 0. The van der Waals surface area contributed by atoms with Crippen LogP contribution in [0.5, 0.6) is 0 Å². The second-order valence-corrected chi connectivity index (χ2v) is 5.54. The summed E-state index contributed by atoms with van der Waals surface area (Å²) in [4.78, 5) is 2.37. The molecular formula is C14H21NO3. The van der Waals surface area contributed by atoms with Gasteiger partial charge in [-0.1, -0.05) is 0 Å². The second-order valence-electron chi connectivity index (χ2n) is 5.54. The van der Waals surface area contributed by atoms with Crippen LogP contribution in [0.2, 0.25) is 0 Å². The number of aryl methyl sites for hydroxylation is 1. The van der Waals surface area contributed by atoms with E-state index < -0.39 is 0 Å². The Morgan fingerprint density at radius 3 is 2.94 bits per heavy atom. The second kappa shape index (κ2) is 4.68. The third-order valence-corrected chi connectivity index (χ3v) is 3.98. The summed E-state index contributed by atoms with van der Waals surface area (Å²) in [6, 6.07) is 4.07. The highest BCUT2D eigenvalue weighted by molar-refractivity contribution is 5.08. The van der Waals surface area contributed by atoms with Gasteiger partial charge in [0.2, 0.25) is 0 Å². The van der Waals surface area contributed by atoms with Gasteiger partial charge in [0.25, 0.3) is 0 Å². The molecular weight excluding hydrogens is 230 g/mol. The predicted octanol–water partition coefficient (Wildman–Crippen LogP) is 1.97. The molecule has 1 aromatic heterocycles. The fraction of sp³-hybridized carbons (Fsp3) is 0.714. The predicted molar refractivity (Wildman–Crippen MR) is 67.4 cm³/mol. The van der Waals surface area contributed by atoms with Crippen LogP contribution in [0.25, 0.3) is 0 Å². The van der Waals surface area contributed by atoms with E-state index in [-0.39, 0.29) is 5.60 Å².